The molecule has 8 nitrogen and oxygen atoms in total. The van der Waals surface area contributed by atoms with E-state index in [4.69, 9.17) is 9.94 Å². The van der Waals surface area contributed by atoms with Gasteiger partial charge in [-0.1, -0.05) is 17.3 Å². The third kappa shape index (κ3) is 4.31. The highest BCUT2D eigenvalue weighted by Gasteiger charge is 2.36. The van der Waals surface area contributed by atoms with E-state index in [-0.39, 0.29) is 28.9 Å². The molecule has 0 unspecified atom stereocenters. The van der Waals surface area contributed by atoms with Crippen LogP contribution in [0.5, 0.6) is 0 Å². The van der Waals surface area contributed by atoms with Gasteiger partial charge in [-0.2, -0.15) is 0 Å². The van der Waals surface area contributed by atoms with Gasteiger partial charge in [0, 0.05) is 5.56 Å². The van der Waals surface area contributed by atoms with Gasteiger partial charge in [-0.15, -0.1) is 0 Å². The van der Waals surface area contributed by atoms with Gasteiger partial charge in [0.05, 0.1) is 23.7 Å². The molecule has 2 rings (SSSR count). The normalized spacial score (nSPS) is 15.0. The zero-order valence-electron chi connectivity index (χ0n) is 13.0. The predicted molar refractivity (Wildman–Crippen MR) is 83.4 cm³/mol. The summed E-state index contributed by atoms with van der Waals surface area (Å²) < 4.78 is 28.9. The third-order valence-electron chi connectivity index (χ3n) is 3.36. The summed E-state index contributed by atoms with van der Waals surface area (Å²) in [7, 11) is -2.15. The summed E-state index contributed by atoms with van der Waals surface area (Å²) in [5.74, 6) is -1.83. The lowest BCUT2D eigenvalue weighted by molar-refractivity contribution is -0.138. The van der Waals surface area contributed by atoms with E-state index in [1.54, 1.807) is 0 Å². The number of hydrogen-bond donors (Lipinski definition) is 1. The molecule has 1 aromatic rings. The summed E-state index contributed by atoms with van der Waals surface area (Å²) in [4.78, 5) is 27.2. The van der Waals surface area contributed by atoms with Crippen LogP contribution < -0.4 is 0 Å². The van der Waals surface area contributed by atoms with Gasteiger partial charge in [-0.05, 0) is 25.0 Å². The van der Waals surface area contributed by atoms with E-state index < -0.39 is 21.8 Å². The Labute approximate surface area is 139 Å². The molecule has 1 aliphatic rings. The highest BCUT2D eigenvalue weighted by atomic mass is 32.2. The van der Waals surface area contributed by atoms with Crippen molar-refractivity contribution in [1.82, 2.24) is 0 Å². The van der Waals surface area contributed by atoms with Crippen LogP contribution in [0.1, 0.15) is 24.8 Å². The monoisotopic (exact) mass is 355 g/mol. The Balaban J connectivity index is 2.18. The van der Waals surface area contributed by atoms with Crippen LogP contribution in [-0.4, -0.2) is 50.1 Å². The molecule has 1 aromatic carbocycles. The SMILES string of the molecule is COC(=O)C(=NOCCC(=O)O)c1ccc(S(=O)(=O)C2CC2)cc1. The quantitative estimate of drug-likeness (QED) is 0.319. The average Bonchev–Trinajstić information content (AvgIpc) is 3.39. The number of carboxylic acids is 1. The number of carbonyl (C=O) groups is 2. The maximum atomic E-state index is 12.1. The second-order valence-electron chi connectivity index (χ2n) is 5.18. The Hall–Kier alpha value is -2.42. The fourth-order valence-electron chi connectivity index (χ4n) is 1.92. The van der Waals surface area contributed by atoms with Crippen molar-refractivity contribution in [3.8, 4) is 0 Å². The van der Waals surface area contributed by atoms with Crippen molar-refractivity contribution >= 4 is 27.5 Å². The molecule has 9 heteroatoms. The van der Waals surface area contributed by atoms with Gasteiger partial charge < -0.3 is 14.7 Å². The van der Waals surface area contributed by atoms with Crippen LogP contribution in [0.25, 0.3) is 0 Å². The molecule has 1 N–H and O–H groups in total. The van der Waals surface area contributed by atoms with Gasteiger partial charge in [0.2, 0.25) is 0 Å². The third-order valence-corrected chi connectivity index (χ3v) is 5.64. The van der Waals surface area contributed by atoms with Crippen LogP contribution in [-0.2, 0) is 29.0 Å². The second kappa shape index (κ2) is 7.43. The van der Waals surface area contributed by atoms with Gasteiger partial charge >= 0.3 is 11.9 Å². The van der Waals surface area contributed by atoms with Crippen LogP contribution in [0.4, 0.5) is 0 Å². The van der Waals surface area contributed by atoms with E-state index in [0.29, 0.717) is 18.4 Å². The van der Waals surface area contributed by atoms with Crippen LogP contribution in [0, 0.1) is 0 Å². The number of esters is 1. The lowest BCUT2D eigenvalue weighted by Gasteiger charge is -2.07. The summed E-state index contributed by atoms with van der Waals surface area (Å²) in [6, 6.07) is 5.68. The topological polar surface area (TPSA) is 119 Å². The lowest BCUT2D eigenvalue weighted by Crippen LogP contribution is -2.18. The van der Waals surface area contributed by atoms with Gasteiger partial charge in [-0.25, -0.2) is 13.2 Å². The number of rotatable bonds is 8. The molecule has 0 saturated heterocycles. The van der Waals surface area contributed by atoms with Gasteiger partial charge in [-0.3, -0.25) is 4.79 Å². The maximum absolute atomic E-state index is 12.1. The van der Waals surface area contributed by atoms with E-state index in [0.717, 1.165) is 0 Å². The zero-order chi connectivity index (χ0) is 17.7. The maximum Gasteiger partial charge on any atom is 0.360 e. The van der Waals surface area contributed by atoms with Crippen molar-refractivity contribution in [1.29, 1.82) is 0 Å². The van der Waals surface area contributed by atoms with E-state index in [1.807, 2.05) is 0 Å². The Morgan fingerprint density at radius 1 is 1.25 bits per heavy atom. The molecule has 0 radical (unpaired) electrons. The van der Waals surface area contributed by atoms with Crippen LogP contribution in [0.2, 0.25) is 0 Å². The summed E-state index contributed by atoms with van der Waals surface area (Å²) in [6.07, 6.45) is 1.06. The minimum absolute atomic E-state index is 0.168. The zero-order valence-corrected chi connectivity index (χ0v) is 13.8. The van der Waals surface area contributed by atoms with Crippen molar-refractivity contribution in [2.45, 2.75) is 29.4 Å². The van der Waals surface area contributed by atoms with Gasteiger partial charge in [0.15, 0.2) is 15.5 Å². The number of sulfone groups is 1. The molecule has 0 spiro atoms. The summed E-state index contributed by atoms with van der Waals surface area (Å²) in [6.45, 7) is -0.204. The Morgan fingerprint density at radius 3 is 2.38 bits per heavy atom. The van der Waals surface area contributed by atoms with Crippen molar-refractivity contribution in [3.05, 3.63) is 29.8 Å². The molecular formula is C15H17NO7S. The smallest absolute Gasteiger partial charge is 0.360 e. The number of hydrogen-bond acceptors (Lipinski definition) is 7. The molecule has 0 amide bonds. The molecule has 0 aromatic heterocycles. The number of ether oxygens (including phenoxy) is 1. The van der Waals surface area contributed by atoms with Crippen molar-refractivity contribution in [3.63, 3.8) is 0 Å². The number of methoxy groups -OCH3 is 1. The Morgan fingerprint density at radius 2 is 1.88 bits per heavy atom. The first-order valence-corrected chi connectivity index (χ1v) is 8.75. The van der Waals surface area contributed by atoms with Gasteiger partial charge in [0.25, 0.3) is 0 Å². The van der Waals surface area contributed by atoms with E-state index in [9.17, 15) is 18.0 Å². The summed E-state index contributed by atoms with van der Waals surface area (Å²) in [5.41, 5.74) is 0.144. The molecule has 0 aliphatic heterocycles. The van der Waals surface area contributed by atoms with Crippen LogP contribution in [0.15, 0.2) is 34.3 Å². The first kappa shape index (κ1) is 17.9. The fourth-order valence-corrected chi connectivity index (χ4v) is 3.58. The van der Waals surface area contributed by atoms with E-state index >= 15 is 0 Å². The number of nitrogens with zero attached hydrogens (tertiary/aromatic N) is 1. The number of benzene rings is 1. The Bertz CT molecular complexity index is 749. The number of carboxylic acid groups (broad SMARTS) is 1. The van der Waals surface area contributed by atoms with Crippen molar-refractivity contribution in [2.75, 3.05) is 13.7 Å². The number of oxime groups is 1. The minimum Gasteiger partial charge on any atom is -0.481 e. The molecule has 0 atom stereocenters. The average molecular weight is 355 g/mol. The van der Waals surface area contributed by atoms with Gasteiger partial charge in [0.1, 0.15) is 6.61 Å². The van der Waals surface area contributed by atoms with Crippen molar-refractivity contribution in [2.24, 2.45) is 5.16 Å². The molecule has 1 fully saturated rings. The first-order valence-electron chi connectivity index (χ1n) is 7.20. The summed E-state index contributed by atoms with van der Waals surface area (Å²) in [5, 5.41) is 11.8. The molecule has 130 valence electrons. The van der Waals surface area contributed by atoms with Crippen LogP contribution >= 0.6 is 0 Å². The largest absolute Gasteiger partial charge is 0.481 e. The van der Waals surface area contributed by atoms with E-state index in [2.05, 4.69) is 9.89 Å². The molecular weight excluding hydrogens is 338 g/mol. The highest BCUT2D eigenvalue weighted by Crippen LogP contribution is 2.33. The first-order chi connectivity index (χ1) is 11.4. The highest BCUT2D eigenvalue weighted by molar-refractivity contribution is 7.92. The number of carbonyl (C=O) groups excluding carboxylic acids is 1. The molecule has 1 saturated carbocycles. The molecule has 1 aliphatic carbocycles. The molecule has 0 bridgehead atoms. The van der Waals surface area contributed by atoms with Crippen molar-refractivity contribution < 1.29 is 32.7 Å². The molecule has 24 heavy (non-hydrogen) atoms. The minimum atomic E-state index is -3.32. The second-order valence-corrected chi connectivity index (χ2v) is 7.41. The predicted octanol–water partition coefficient (Wildman–Crippen LogP) is 0.991. The number of aliphatic carboxylic acids is 1. The molecule has 0 heterocycles. The van der Waals surface area contributed by atoms with E-state index in [1.165, 1.54) is 31.4 Å². The summed E-state index contributed by atoms with van der Waals surface area (Å²) >= 11 is 0. The standard InChI is InChI=1S/C15H17NO7S/c1-22-15(19)14(16-23-9-8-13(17)18)10-2-4-11(5-3-10)24(20,21)12-6-7-12/h2-5,12H,6-9H2,1H3,(H,17,18). The fraction of sp³-hybridized carbons (Fsp3) is 0.400. The van der Waals surface area contributed by atoms with Crippen LogP contribution in [0.3, 0.4) is 0 Å². The lowest BCUT2D eigenvalue weighted by atomic mass is 10.1. The Kier molecular flexibility index (Phi) is 5.55.